The minimum Gasteiger partial charge on any atom is -0.480 e. The molecule has 1 N–H and O–H groups in total. The van der Waals surface area contributed by atoms with Gasteiger partial charge in [-0.05, 0) is 19.5 Å². The zero-order chi connectivity index (χ0) is 25.6. The van der Waals surface area contributed by atoms with E-state index in [1.165, 1.54) is 6.33 Å². The van der Waals surface area contributed by atoms with E-state index >= 15 is 0 Å². The number of allylic oxidation sites excluding steroid dienone is 1. The third-order valence-electron chi connectivity index (χ3n) is 6.81. The summed E-state index contributed by atoms with van der Waals surface area (Å²) in [6.07, 6.45) is 6.35. The van der Waals surface area contributed by atoms with E-state index in [1.807, 2.05) is 6.07 Å². The third-order valence-corrected chi connectivity index (χ3v) is 6.81. The van der Waals surface area contributed by atoms with Crippen LogP contribution < -0.4 is 10.1 Å². The minimum absolute atomic E-state index is 0.00753. The largest absolute Gasteiger partial charge is 0.480 e. The lowest BCUT2D eigenvalue weighted by Crippen LogP contribution is -2.44. The lowest BCUT2D eigenvalue weighted by molar-refractivity contribution is 0.0236. The predicted molar refractivity (Wildman–Crippen MR) is 138 cm³/mol. The van der Waals surface area contributed by atoms with E-state index in [2.05, 4.69) is 43.2 Å². The fourth-order valence-electron chi connectivity index (χ4n) is 4.66. The Balaban J connectivity index is 1.30. The number of nitrogens with one attached hydrogen (secondary N) is 1. The van der Waals surface area contributed by atoms with Crippen LogP contribution in [0.15, 0.2) is 41.2 Å². The number of aliphatic imine (C=N–C) groups is 1. The standard InChI is InChI=1S/C26H32N8O3/c1-33-7-9-34(10-8-33)22-3-4-23(32-26(22)35-2)31-24-14-21(29-17-30-24)19-13-18(15-27)25(28-16-19)37-20-5-11-36-12-6-20/h13-14,16-17,20H,3-12H2,1-2H3,(H,29,30,31,32). The Morgan fingerprint density at radius 1 is 1.08 bits per heavy atom. The number of ether oxygens (including phenoxy) is 3. The number of methoxy groups -OCH3 is 1. The maximum atomic E-state index is 9.69. The average Bonchev–Trinajstić information content (AvgIpc) is 2.94. The number of nitriles is 1. The van der Waals surface area contributed by atoms with Crippen LogP contribution in [0.2, 0.25) is 0 Å². The summed E-state index contributed by atoms with van der Waals surface area (Å²) in [6.45, 7) is 5.33. The summed E-state index contributed by atoms with van der Waals surface area (Å²) < 4.78 is 17.0. The molecule has 2 aromatic heterocycles. The molecule has 0 amide bonds. The second-order valence-electron chi connectivity index (χ2n) is 9.34. The molecule has 0 unspecified atom stereocenters. The highest BCUT2D eigenvalue weighted by Crippen LogP contribution is 2.27. The molecule has 5 rings (SSSR count). The number of amidine groups is 1. The van der Waals surface area contributed by atoms with E-state index in [-0.39, 0.29) is 6.10 Å². The molecule has 37 heavy (non-hydrogen) atoms. The average molecular weight is 505 g/mol. The van der Waals surface area contributed by atoms with Gasteiger partial charge >= 0.3 is 0 Å². The van der Waals surface area contributed by atoms with Crippen molar-refractivity contribution in [3.8, 4) is 23.2 Å². The van der Waals surface area contributed by atoms with E-state index < -0.39 is 0 Å². The number of likely N-dealkylation sites (N-methyl/N-ethyl adjacent to an activating group) is 1. The van der Waals surface area contributed by atoms with Crippen molar-refractivity contribution >= 4 is 11.7 Å². The minimum atomic E-state index is 0.00753. The molecule has 194 valence electrons. The lowest BCUT2D eigenvalue weighted by atomic mass is 10.1. The van der Waals surface area contributed by atoms with E-state index in [4.69, 9.17) is 19.2 Å². The van der Waals surface area contributed by atoms with Gasteiger partial charge in [0.1, 0.15) is 35.7 Å². The number of anilines is 1. The Morgan fingerprint density at radius 3 is 2.65 bits per heavy atom. The summed E-state index contributed by atoms with van der Waals surface area (Å²) in [5.74, 6) is 2.39. The van der Waals surface area contributed by atoms with Crippen molar-refractivity contribution in [1.82, 2.24) is 24.8 Å². The van der Waals surface area contributed by atoms with E-state index in [9.17, 15) is 5.26 Å². The first-order valence-corrected chi connectivity index (χ1v) is 12.6. The van der Waals surface area contributed by atoms with Crippen molar-refractivity contribution in [3.05, 3.63) is 41.8 Å². The molecule has 0 spiro atoms. The monoisotopic (exact) mass is 504 g/mol. The Bertz CT molecular complexity index is 1210. The Hall–Kier alpha value is -3.75. The highest BCUT2D eigenvalue weighted by atomic mass is 16.5. The predicted octanol–water partition coefficient (Wildman–Crippen LogP) is 2.64. The van der Waals surface area contributed by atoms with Crippen LogP contribution in [0.25, 0.3) is 11.3 Å². The summed E-state index contributed by atoms with van der Waals surface area (Å²) in [4.78, 5) is 22.6. The maximum absolute atomic E-state index is 9.69. The van der Waals surface area contributed by atoms with Gasteiger partial charge in [0.15, 0.2) is 0 Å². The van der Waals surface area contributed by atoms with Crippen LogP contribution in [0.4, 0.5) is 5.82 Å². The number of hydrogen-bond donors (Lipinski definition) is 1. The number of rotatable bonds is 6. The molecule has 0 bridgehead atoms. The van der Waals surface area contributed by atoms with Crippen LogP contribution in [-0.4, -0.2) is 90.2 Å². The molecule has 0 aromatic carbocycles. The van der Waals surface area contributed by atoms with Crippen molar-refractivity contribution in [2.45, 2.75) is 31.8 Å². The molecular formula is C26H32N8O3. The molecule has 3 aliphatic rings. The molecule has 11 heteroatoms. The van der Waals surface area contributed by atoms with Crippen LogP contribution >= 0.6 is 0 Å². The zero-order valence-corrected chi connectivity index (χ0v) is 21.3. The Kier molecular flexibility index (Phi) is 7.77. The van der Waals surface area contributed by atoms with Crippen molar-refractivity contribution in [1.29, 1.82) is 5.26 Å². The maximum Gasteiger partial charge on any atom is 0.234 e. The highest BCUT2D eigenvalue weighted by Gasteiger charge is 2.24. The summed E-state index contributed by atoms with van der Waals surface area (Å²) >= 11 is 0. The topological polar surface area (TPSA) is 121 Å². The molecule has 0 aliphatic carbocycles. The van der Waals surface area contributed by atoms with E-state index in [0.717, 1.165) is 63.4 Å². The number of aromatic nitrogens is 3. The van der Waals surface area contributed by atoms with Gasteiger partial charge in [0.05, 0.1) is 31.7 Å². The number of nitrogens with zero attached hydrogens (tertiary/aromatic N) is 7. The van der Waals surface area contributed by atoms with Crippen molar-refractivity contribution in [2.75, 3.05) is 58.9 Å². The smallest absolute Gasteiger partial charge is 0.234 e. The first-order chi connectivity index (χ1) is 18.1. The van der Waals surface area contributed by atoms with Crippen LogP contribution in [0.3, 0.4) is 0 Å². The van der Waals surface area contributed by atoms with Crippen LogP contribution in [0, 0.1) is 11.3 Å². The van der Waals surface area contributed by atoms with Gasteiger partial charge in [0, 0.05) is 63.3 Å². The van der Waals surface area contributed by atoms with Gasteiger partial charge in [-0.15, -0.1) is 0 Å². The van der Waals surface area contributed by atoms with Gasteiger partial charge in [-0.25, -0.2) is 15.0 Å². The number of hydrogen-bond acceptors (Lipinski definition) is 11. The van der Waals surface area contributed by atoms with Crippen molar-refractivity contribution < 1.29 is 14.2 Å². The fourth-order valence-corrected chi connectivity index (χ4v) is 4.66. The quantitative estimate of drug-likeness (QED) is 0.628. The Morgan fingerprint density at radius 2 is 1.89 bits per heavy atom. The lowest BCUT2D eigenvalue weighted by Gasteiger charge is -2.36. The molecule has 2 fully saturated rings. The van der Waals surface area contributed by atoms with Gasteiger partial charge in [0.2, 0.25) is 11.8 Å². The molecule has 2 saturated heterocycles. The van der Waals surface area contributed by atoms with Gasteiger partial charge in [-0.2, -0.15) is 10.3 Å². The van der Waals surface area contributed by atoms with Gasteiger partial charge in [-0.3, -0.25) is 0 Å². The van der Waals surface area contributed by atoms with E-state index in [1.54, 1.807) is 19.4 Å². The highest BCUT2D eigenvalue weighted by molar-refractivity contribution is 5.96. The third kappa shape index (κ3) is 5.98. The van der Waals surface area contributed by atoms with E-state index in [0.29, 0.717) is 47.6 Å². The summed E-state index contributed by atoms with van der Waals surface area (Å²) in [5, 5.41) is 13.0. The molecule has 0 atom stereocenters. The molecule has 0 radical (unpaired) electrons. The molecular weight excluding hydrogens is 472 g/mol. The fraction of sp³-hybridized carbons (Fsp3) is 0.500. The molecule has 5 heterocycles. The molecule has 11 nitrogen and oxygen atoms in total. The van der Waals surface area contributed by atoms with Gasteiger partial charge in [-0.1, -0.05) is 0 Å². The first kappa shape index (κ1) is 24.9. The number of piperazine rings is 1. The summed E-state index contributed by atoms with van der Waals surface area (Å²) in [7, 11) is 3.81. The second kappa shape index (κ2) is 11.5. The van der Waals surface area contributed by atoms with Crippen LogP contribution in [0.5, 0.6) is 5.88 Å². The van der Waals surface area contributed by atoms with Crippen LogP contribution in [-0.2, 0) is 9.47 Å². The Labute approximate surface area is 216 Å². The molecule has 3 aliphatic heterocycles. The SMILES string of the molecule is COC1=C(N2CCN(C)CC2)CCC(Nc2cc(-c3cnc(OC4CCOCC4)c(C#N)c3)ncn2)=N1. The second-order valence-corrected chi connectivity index (χ2v) is 9.34. The summed E-state index contributed by atoms with van der Waals surface area (Å²) in [6, 6.07) is 5.77. The molecule has 2 aromatic rings. The van der Waals surface area contributed by atoms with Crippen molar-refractivity contribution in [2.24, 2.45) is 4.99 Å². The normalized spacial score (nSPS) is 19.3. The van der Waals surface area contributed by atoms with Gasteiger partial charge in [0.25, 0.3) is 0 Å². The first-order valence-electron chi connectivity index (χ1n) is 12.6. The van der Waals surface area contributed by atoms with Crippen molar-refractivity contribution in [3.63, 3.8) is 0 Å². The summed E-state index contributed by atoms with van der Waals surface area (Å²) in [5.41, 5.74) is 2.89. The zero-order valence-electron chi connectivity index (χ0n) is 21.3. The van der Waals surface area contributed by atoms with Gasteiger partial charge < -0.3 is 29.3 Å². The molecule has 0 saturated carbocycles. The number of pyridine rings is 1. The van der Waals surface area contributed by atoms with Crippen LogP contribution in [0.1, 0.15) is 31.2 Å².